The first-order chi connectivity index (χ1) is 6.43. The monoisotopic (exact) mass is 202 g/mol. The van der Waals surface area contributed by atoms with Gasteiger partial charge in [0.2, 0.25) is 0 Å². The third-order valence-corrected chi connectivity index (χ3v) is 1.29. The Labute approximate surface area is 82.6 Å². The number of hydrogen-bond acceptors (Lipinski definition) is 5. The van der Waals surface area contributed by atoms with E-state index in [1.807, 2.05) is 0 Å². The van der Waals surface area contributed by atoms with E-state index < -0.39 is 11.8 Å². The van der Waals surface area contributed by atoms with Gasteiger partial charge < -0.3 is 14.2 Å². The summed E-state index contributed by atoms with van der Waals surface area (Å²) in [5.74, 6) is -1.86. The topological polar surface area (TPSA) is 61.8 Å². The zero-order valence-corrected chi connectivity index (χ0v) is 8.70. The highest BCUT2D eigenvalue weighted by atomic mass is 16.7. The van der Waals surface area contributed by atoms with Gasteiger partial charge in [-0.1, -0.05) is 0 Å². The van der Waals surface area contributed by atoms with Crippen molar-refractivity contribution in [2.75, 3.05) is 7.11 Å². The van der Waals surface area contributed by atoms with Gasteiger partial charge in [-0.05, 0) is 6.92 Å². The fraction of sp³-hybridized carbons (Fsp3) is 0.556. The van der Waals surface area contributed by atoms with Crippen LogP contribution in [0.25, 0.3) is 0 Å². The van der Waals surface area contributed by atoms with E-state index >= 15 is 0 Å². The van der Waals surface area contributed by atoms with Gasteiger partial charge in [0, 0.05) is 13.8 Å². The van der Waals surface area contributed by atoms with Crippen LogP contribution in [0, 0.1) is 0 Å². The van der Waals surface area contributed by atoms with Crippen molar-refractivity contribution in [3.05, 3.63) is 11.8 Å². The van der Waals surface area contributed by atoms with Crippen LogP contribution in [0.3, 0.4) is 0 Å². The maximum absolute atomic E-state index is 11.3. The molecule has 0 atom stereocenters. The fourth-order valence-corrected chi connectivity index (χ4v) is 0.669. The average molecular weight is 202 g/mol. The number of carbonyl (C=O) groups excluding carboxylic acids is 2. The minimum absolute atomic E-state index is 0.225. The predicted molar refractivity (Wildman–Crippen MR) is 48.1 cm³/mol. The Morgan fingerprint density at radius 1 is 1.36 bits per heavy atom. The third kappa shape index (κ3) is 4.49. The predicted octanol–water partition coefficient (Wildman–Crippen LogP) is 0.989. The van der Waals surface area contributed by atoms with Crippen LogP contribution in [0.2, 0.25) is 0 Å². The minimum atomic E-state index is -1.26. The Kier molecular flexibility index (Phi) is 4.69. The molecular weight excluding hydrogens is 188 g/mol. The van der Waals surface area contributed by atoms with Crippen LogP contribution in [0.1, 0.15) is 20.8 Å². The van der Waals surface area contributed by atoms with Gasteiger partial charge in [0.05, 0.1) is 18.9 Å². The summed E-state index contributed by atoms with van der Waals surface area (Å²) < 4.78 is 14.0. The molecule has 0 rings (SSSR count). The van der Waals surface area contributed by atoms with Crippen LogP contribution in [0.4, 0.5) is 0 Å². The van der Waals surface area contributed by atoms with E-state index in [2.05, 4.69) is 9.47 Å². The molecule has 0 spiro atoms. The van der Waals surface area contributed by atoms with Crippen molar-refractivity contribution in [1.82, 2.24) is 0 Å². The van der Waals surface area contributed by atoms with Crippen molar-refractivity contribution in [3.63, 3.8) is 0 Å². The van der Waals surface area contributed by atoms with Gasteiger partial charge in [0.1, 0.15) is 0 Å². The van der Waals surface area contributed by atoms with Crippen LogP contribution < -0.4 is 0 Å². The van der Waals surface area contributed by atoms with Crippen molar-refractivity contribution >= 4 is 12.4 Å². The van der Waals surface area contributed by atoms with Crippen molar-refractivity contribution in [2.24, 2.45) is 0 Å². The van der Waals surface area contributed by atoms with Gasteiger partial charge in [0.25, 0.3) is 12.3 Å². The van der Waals surface area contributed by atoms with Crippen molar-refractivity contribution in [3.8, 4) is 0 Å². The molecule has 0 amide bonds. The minimum Gasteiger partial charge on any atom is -0.504 e. The van der Waals surface area contributed by atoms with E-state index in [0.29, 0.717) is 0 Å². The van der Waals surface area contributed by atoms with Crippen LogP contribution in [-0.4, -0.2) is 25.3 Å². The fourth-order valence-electron chi connectivity index (χ4n) is 0.669. The van der Waals surface area contributed by atoms with Gasteiger partial charge in [-0.25, -0.2) is 4.79 Å². The molecule has 0 unspecified atom stereocenters. The molecule has 0 N–H and O–H groups in total. The summed E-state index contributed by atoms with van der Waals surface area (Å²) in [5.41, 5.74) is 0.287. The first kappa shape index (κ1) is 12.5. The smallest absolute Gasteiger partial charge is 0.340 e. The summed E-state index contributed by atoms with van der Waals surface area (Å²) in [6.45, 7) is 4.67. The molecule has 80 valence electrons. The molecule has 0 aromatic heterocycles. The van der Waals surface area contributed by atoms with Gasteiger partial charge in [-0.3, -0.25) is 4.79 Å². The van der Waals surface area contributed by atoms with Gasteiger partial charge >= 0.3 is 5.97 Å². The third-order valence-electron chi connectivity index (χ3n) is 1.29. The second-order valence-electron chi connectivity index (χ2n) is 3.04. The lowest BCUT2D eigenvalue weighted by Gasteiger charge is -2.22. The molecular formula is C9H14O5. The Morgan fingerprint density at radius 2 is 1.93 bits per heavy atom. The Balaban J connectivity index is 4.31. The summed E-state index contributed by atoms with van der Waals surface area (Å²) in [7, 11) is 1.42. The second-order valence-corrected chi connectivity index (χ2v) is 3.04. The van der Waals surface area contributed by atoms with E-state index in [1.165, 1.54) is 34.1 Å². The number of esters is 1. The Bertz CT molecular complexity index is 242. The molecule has 0 heterocycles. The first-order valence-corrected chi connectivity index (χ1v) is 3.97. The summed E-state index contributed by atoms with van der Waals surface area (Å²) in [5, 5.41) is 0. The molecule has 0 aliphatic heterocycles. The summed E-state index contributed by atoms with van der Waals surface area (Å²) in [6.07, 6.45) is 1.25. The number of methoxy groups -OCH3 is 1. The maximum Gasteiger partial charge on any atom is 0.340 e. The molecule has 0 fully saturated rings. The van der Waals surface area contributed by atoms with Gasteiger partial charge in [-0.15, -0.1) is 0 Å². The summed E-state index contributed by atoms with van der Waals surface area (Å²) in [4.78, 5) is 21.3. The Morgan fingerprint density at radius 3 is 2.36 bits per heavy atom. The average Bonchev–Trinajstić information content (AvgIpc) is 2.03. The van der Waals surface area contributed by atoms with Crippen molar-refractivity contribution in [1.29, 1.82) is 0 Å². The van der Waals surface area contributed by atoms with Crippen LogP contribution in [0.15, 0.2) is 11.8 Å². The molecule has 0 radical (unpaired) electrons. The molecule has 0 aromatic carbocycles. The molecule has 5 heteroatoms. The van der Waals surface area contributed by atoms with E-state index in [1.54, 1.807) is 0 Å². The van der Waals surface area contributed by atoms with Gasteiger partial charge in [-0.2, -0.15) is 0 Å². The molecule has 0 bridgehead atoms. The van der Waals surface area contributed by atoms with Gasteiger partial charge in [0.15, 0.2) is 0 Å². The number of carbonyl (C=O) groups is 2. The molecule has 0 saturated heterocycles. The SMILES string of the molecule is CO/C=C(/C)C(=O)OC(C)(C)OC=O. The summed E-state index contributed by atoms with van der Waals surface area (Å²) >= 11 is 0. The lowest BCUT2D eigenvalue weighted by atomic mass is 10.3. The van der Waals surface area contributed by atoms with E-state index in [-0.39, 0.29) is 12.0 Å². The maximum atomic E-state index is 11.3. The highest BCUT2D eigenvalue weighted by Crippen LogP contribution is 2.12. The van der Waals surface area contributed by atoms with Crippen LogP contribution >= 0.6 is 0 Å². The summed E-state index contributed by atoms with van der Waals surface area (Å²) in [6, 6.07) is 0. The standard InChI is InChI=1S/C9H14O5/c1-7(5-12-4)8(11)14-9(2,3)13-6-10/h5-6H,1-4H3/b7-5-. The van der Waals surface area contributed by atoms with Crippen molar-refractivity contribution in [2.45, 2.75) is 26.6 Å². The zero-order chi connectivity index (χ0) is 11.2. The lowest BCUT2D eigenvalue weighted by Crippen LogP contribution is -2.31. The molecule has 5 nitrogen and oxygen atoms in total. The second kappa shape index (κ2) is 5.26. The van der Waals surface area contributed by atoms with E-state index in [4.69, 9.17) is 4.74 Å². The Hall–Kier alpha value is -1.52. The molecule has 14 heavy (non-hydrogen) atoms. The number of rotatable bonds is 5. The van der Waals surface area contributed by atoms with Crippen molar-refractivity contribution < 1.29 is 23.8 Å². The largest absolute Gasteiger partial charge is 0.504 e. The van der Waals surface area contributed by atoms with Crippen LogP contribution in [-0.2, 0) is 23.8 Å². The molecule has 0 saturated carbocycles. The number of ether oxygens (including phenoxy) is 3. The van der Waals surface area contributed by atoms with Crippen LogP contribution in [0.5, 0.6) is 0 Å². The first-order valence-electron chi connectivity index (χ1n) is 3.97. The highest BCUT2D eigenvalue weighted by molar-refractivity contribution is 5.87. The zero-order valence-electron chi connectivity index (χ0n) is 8.70. The molecule has 0 aliphatic rings. The lowest BCUT2D eigenvalue weighted by molar-refractivity contribution is -0.204. The molecule has 0 aromatic rings. The normalized spacial score (nSPS) is 11.9. The highest BCUT2D eigenvalue weighted by Gasteiger charge is 2.24. The molecule has 0 aliphatic carbocycles. The van der Waals surface area contributed by atoms with E-state index in [9.17, 15) is 9.59 Å². The van der Waals surface area contributed by atoms with E-state index in [0.717, 1.165) is 0 Å². The number of hydrogen-bond donors (Lipinski definition) is 0. The quantitative estimate of drug-likeness (QED) is 0.219.